The summed E-state index contributed by atoms with van der Waals surface area (Å²) in [7, 11) is 0. The molecule has 1 aromatic rings. The van der Waals surface area contributed by atoms with Crippen molar-refractivity contribution in [3.8, 4) is 0 Å². The number of halogens is 2. The van der Waals surface area contributed by atoms with Crippen LogP contribution in [0.5, 0.6) is 0 Å². The molecule has 21 heavy (non-hydrogen) atoms. The lowest BCUT2D eigenvalue weighted by molar-refractivity contribution is -0.116. The van der Waals surface area contributed by atoms with Gasteiger partial charge in [0.1, 0.15) is 0 Å². The van der Waals surface area contributed by atoms with Gasteiger partial charge in [0.25, 0.3) is 0 Å². The first-order chi connectivity index (χ1) is 10.1. The fourth-order valence-corrected chi connectivity index (χ4v) is 3.37. The molecule has 1 saturated heterocycles. The minimum atomic E-state index is -0.354. The second-order valence-corrected chi connectivity index (χ2v) is 6.31. The monoisotopic (exact) mass is 329 g/mol. The summed E-state index contributed by atoms with van der Waals surface area (Å²) in [5.74, 6) is 0.346. The summed E-state index contributed by atoms with van der Waals surface area (Å²) in [5, 5.41) is 6.48. The van der Waals surface area contributed by atoms with Crippen molar-refractivity contribution in [2.75, 3.05) is 11.9 Å². The molecule has 0 radical (unpaired) electrons. The molecule has 2 fully saturated rings. The van der Waals surface area contributed by atoms with Crippen molar-refractivity contribution in [2.24, 2.45) is 11.7 Å². The molecule has 1 aliphatic carbocycles. The number of ether oxygens (including phenoxy) is 1. The highest BCUT2D eigenvalue weighted by molar-refractivity contribution is 6.35. The number of hydrogen-bond acceptors (Lipinski definition) is 3. The second-order valence-electron chi connectivity index (χ2n) is 5.47. The van der Waals surface area contributed by atoms with Crippen molar-refractivity contribution in [1.29, 1.82) is 0 Å². The van der Waals surface area contributed by atoms with E-state index in [-0.39, 0.29) is 24.2 Å². The van der Waals surface area contributed by atoms with Gasteiger partial charge in [0, 0.05) is 23.6 Å². The summed E-state index contributed by atoms with van der Waals surface area (Å²) in [6.45, 7) is 0.730. The van der Waals surface area contributed by atoms with Gasteiger partial charge in [-0.2, -0.15) is 0 Å². The van der Waals surface area contributed by atoms with Crippen LogP contribution in [0.2, 0.25) is 10.0 Å². The molecule has 0 spiro atoms. The van der Waals surface area contributed by atoms with Gasteiger partial charge < -0.3 is 21.1 Å². The molecule has 4 unspecified atom stereocenters. The fraction of sp³-hybridized carbons (Fsp3) is 0.500. The second kappa shape index (κ2) is 6.01. The number of anilines is 1. The van der Waals surface area contributed by atoms with Crippen molar-refractivity contribution in [3.05, 3.63) is 28.2 Å². The number of nitrogens with one attached hydrogen (secondary N) is 2. The first kappa shape index (κ1) is 14.9. The van der Waals surface area contributed by atoms with Crippen LogP contribution in [-0.2, 0) is 4.74 Å². The number of nitrogens with two attached hydrogens (primary N) is 1. The maximum atomic E-state index is 12.1. The molecule has 4 N–H and O–H groups in total. The zero-order valence-corrected chi connectivity index (χ0v) is 12.8. The third-order valence-electron chi connectivity index (χ3n) is 4.15. The Bertz CT molecular complexity index is 555. The Morgan fingerprint density at radius 2 is 2.19 bits per heavy atom. The molecule has 5 nitrogen and oxygen atoms in total. The molecule has 1 aliphatic heterocycles. The van der Waals surface area contributed by atoms with E-state index in [9.17, 15) is 4.79 Å². The van der Waals surface area contributed by atoms with Gasteiger partial charge >= 0.3 is 6.03 Å². The van der Waals surface area contributed by atoms with Crippen LogP contribution in [0.25, 0.3) is 0 Å². The van der Waals surface area contributed by atoms with E-state index in [1.165, 1.54) is 0 Å². The van der Waals surface area contributed by atoms with Crippen molar-refractivity contribution in [3.63, 3.8) is 0 Å². The fourth-order valence-electron chi connectivity index (χ4n) is 3.03. The van der Waals surface area contributed by atoms with Gasteiger partial charge in [-0.1, -0.05) is 23.2 Å². The maximum Gasteiger partial charge on any atom is 0.319 e. The molecular formula is C14H17Cl2N3O2. The van der Waals surface area contributed by atoms with Crippen LogP contribution in [-0.4, -0.2) is 30.8 Å². The molecule has 1 aromatic carbocycles. The smallest absolute Gasteiger partial charge is 0.319 e. The van der Waals surface area contributed by atoms with Crippen LogP contribution >= 0.6 is 23.2 Å². The first-order valence-corrected chi connectivity index (χ1v) is 7.71. The predicted molar refractivity (Wildman–Crippen MR) is 82.8 cm³/mol. The molecular weight excluding hydrogens is 313 g/mol. The van der Waals surface area contributed by atoms with Crippen molar-refractivity contribution in [2.45, 2.75) is 31.0 Å². The molecule has 1 saturated carbocycles. The zero-order chi connectivity index (χ0) is 15.0. The molecule has 114 valence electrons. The third-order valence-corrected chi connectivity index (χ3v) is 4.72. The lowest BCUT2D eigenvalue weighted by atomic mass is 9.69. The van der Waals surface area contributed by atoms with E-state index < -0.39 is 0 Å². The SMILES string of the molecule is NC1C2CCCOC2C1NC(=O)Nc1cc(Cl)ccc1Cl. The van der Waals surface area contributed by atoms with E-state index in [1.807, 2.05) is 0 Å². The first-order valence-electron chi connectivity index (χ1n) is 6.96. The molecule has 2 aliphatic rings. The number of hydrogen-bond donors (Lipinski definition) is 3. The highest BCUT2D eigenvalue weighted by Crippen LogP contribution is 2.37. The van der Waals surface area contributed by atoms with Crippen LogP contribution in [0.4, 0.5) is 10.5 Å². The predicted octanol–water partition coefficient (Wildman–Crippen LogP) is 2.62. The quantitative estimate of drug-likeness (QED) is 0.780. The van der Waals surface area contributed by atoms with E-state index in [0.717, 1.165) is 19.4 Å². The summed E-state index contributed by atoms with van der Waals surface area (Å²) >= 11 is 11.9. The van der Waals surface area contributed by atoms with Crippen molar-refractivity contribution in [1.82, 2.24) is 5.32 Å². The Labute approximate surface area is 133 Å². The minimum Gasteiger partial charge on any atom is -0.376 e. The number of carbonyl (C=O) groups is 1. The minimum absolute atomic E-state index is 0.0225. The number of amides is 2. The Kier molecular flexibility index (Phi) is 4.26. The van der Waals surface area contributed by atoms with E-state index in [2.05, 4.69) is 10.6 Å². The van der Waals surface area contributed by atoms with Gasteiger partial charge in [-0.05, 0) is 31.0 Å². The Hall–Kier alpha value is -1.01. The average molecular weight is 330 g/mol. The van der Waals surface area contributed by atoms with Crippen LogP contribution < -0.4 is 16.4 Å². The number of benzene rings is 1. The summed E-state index contributed by atoms with van der Waals surface area (Å²) in [4.78, 5) is 12.1. The van der Waals surface area contributed by atoms with E-state index >= 15 is 0 Å². The molecule has 1 heterocycles. The standard InChI is InChI=1S/C14H17Cl2N3O2/c15-7-3-4-9(16)10(6-7)18-14(20)19-12-11(17)8-2-1-5-21-13(8)12/h3-4,6,8,11-13H,1-2,5,17H2,(H2,18,19,20). The lowest BCUT2D eigenvalue weighted by Gasteiger charge is -2.52. The van der Waals surface area contributed by atoms with Crippen LogP contribution in [0.1, 0.15) is 12.8 Å². The third kappa shape index (κ3) is 2.97. The highest BCUT2D eigenvalue weighted by Gasteiger charge is 2.51. The van der Waals surface area contributed by atoms with Gasteiger partial charge in [0.2, 0.25) is 0 Å². The maximum absolute atomic E-state index is 12.1. The summed E-state index contributed by atoms with van der Waals surface area (Å²) in [5.41, 5.74) is 6.57. The highest BCUT2D eigenvalue weighted by atomic mass is 35.5. The van der Waals surface area contributed by atoms with Crippen LogP contribution in [0.3, 0.4) is 0 Å². The summed E-state index contributed by atoms with van der Waals surface area (Å²) in [6.07, 6.45) is 2.12. The number of rotatable bonds is 2. The average Bonchev–Trinajstić information content (AvgIpc) is 2.48. The van der Waals surface area contributed by atoms with Gasteiger partial charge in [-0.3, -0.25) is 0 Å². The van der Waals surface area contributed by atoms with E-state index in [4.69, 9.17) is 33.7 Å². The Morgan fingerprint density at radius 3 is 3.00 bits per heavy atom. The number of carbonyl (C=O) groups excluding carboxylic acids is 1. The summed E-state index contributed by atoms with van der Waals surface area (Å²) < 4.78 is 5.68. The van der Waals surface area contributed by atoms with Gasteiger partial charge in [0.15, 0.2) is 0 Å². The number of fused-ring (bicyclic) bond motifs is 1. The van der Waals surface area contributed by atoms with Crippen molar-refractivity contribution >= 4 is 34.9 Å². The molecule has 2 amide bonds. The van der Waals surface area contributed by atoms with Crippen LogP contribution in [0, 0.1) is 5.92 Å². The summed E-state index contributed by atoms with van der Waals surface area (Å²) in [6, 6.07) is 4.32. The normalized spacial score (nSPS) is 31.0. The zero-order valence-electron chi connectivity index (χ0n) is 11.3. The van der Waals surface area contributed by atoms with E-state index in [1.54, 1.807) is 18.2 Å². The Morgan fingerprint density at radius 1 is 1.38 bits per heavy atom. The van der Waals surface area contributed by atoms with Crippen molar-refractivity contribution < 1.29 is 9.53 Å². The molecule has 0 bridgehead atoms. The molecule has 3 rings (SSSR count). The molecule has 0 aromatic heterocycles. The largest absolute Gasteiger partial charge is 0.376 e. The van der Waals surface area contributed by atoms with Crippen LogP contribution in [0.15, 0.2) is 18.2 Å². The number of urea groups is 1. The Balaban J connectivity index is 1.60. The lowest BCUT2D eigenvalue weighted by Crippen LogP contribution is -2.72. The van der Waals surface area contributed by atoms with E-state index in [0.29, 0.717) is 21.7 Å². The van der Waals surface area contributed by atoms with Gasteiger partial charge in [-0.25, -0.2) is 4.79 Å². The molecule has 7 heteroatoms. The molecule has 4 atom stereocenters. The van der Waals surface area contributed by atoms with Gasteiger partial charge in [0.05, 0.1) is 22.9 Å². The van der Waals surface area contributed by atoms with Gasteiger partial charge in [-0.15, -0.1) is 0 Å². The topological polar surface area (TPSA) is 76.4 Å².